The molecule has 1 saturated carbocycles. The number of rotatable bonds is 4. The largest absolute Gasteiger partial charge is 0.332 e. The lowest BCUT2D eigenvalue weighted by Crippen LogP contribution is -2.44. The van der Waals surface area contributed by atoms with E-state index in [1.165, 1.54) is 0 Å². The van der Waals surface area contributed by atoms with E-state index in [1.54, 1.807) is 6.92 Å². The van der Waals surface area contributed by atoms with Crippen molar-refractivity contribution in [1.29, 1.82) is 0 Å². The quantitative estimate of drug-likeness (QED) is 0.928. The van der Waals surface area contributed by atoms with Gasteiger partial charge < -0.3 is 10.6 Å². The molecular weight excluding hydrogens is 283 g/mol. The monoisotopic (exact) mass is 302 g/mol. The van der Waals surface area contributed by atoms with Gasteiger partial charge in [-0.3, -0.25) is 4.79 Å². The summed E-state index contributed by atoms with van der Waals surface area (Å²) >= 11 is 5.88. The summed E-state index contributed by atoms with van der Waals surface area (Å²) in [5.41, 5.74) is 6.83. The van der Waals surface area contributed by atoms with Gasteiger partial charge in [-0.2, -0.15) is 0 Å². The van der Waals surface area contributed by atoms with Crippen molar-refractivity contribution in [2.24, 2.45) is 5.73 Å². The van der Waals surface area contributed by atoms with Gasteiger partial charge in [0, 0.05) is 11.1 Å². The van der Waals surface area contributed by atoms with E-state index in [-0.39, 0.29) is 24.4 Å². The zero-order chi connectivity index (χ0) is 13.3. The summed E-state index contributed by atoms with van der Waals surface area (Å²) in [7, 11) is 0. The molecule has 0 radical (unpaired) electrons. The van der Waals surface area contributed by atoms with Gasteiger partial charge in [0.2, 0.25) is 5.91 Å². The van der Waals surface area contributed by atoms with Gasteiger partial charge in [-0.05, 0) is 44.4 Å². The fraction of sp³-hybridized carbons (Fsp3) is 0.500. The molecule has 106 valence electrons. The molecule has 0 heterocycles. The first kappa shape index (κ1) is 16.3. The number of nitrogens with two attached hydrogens (primary N) is 1. The minimum Gasteiger partial charge on any atom is -0.332 e. The molecule has 1 fully saturated rings. The average Bonchev–Trinajstić information content (AvgIpc) is 3.14. The Kier molecular flexibility index (Phi) is 5.65. The van der Waals surface area contributed by atoms with Gasteiger partial charge in [-0.15, -0.1) is 12.4 Å². The second kappa shape index (κ2) is 6.60. The van der Waals surface area contributed by atoms with Crippen LogP contribution in [0.15, 0.2) is 24.3 Å². The second-order valence-electron chi connectivity index (χ2n) is 4.99. The molecule has 1 amide bonds. The number of benzene rings is 1. The van der Waals surface area contributed by atoms with E-state index in [9.17, 15) is 4.79 Å². The van der Waals surface area contributed by atoms with Gasteiger partial charge >= 0.3 is 0 Å². The molecule has 1 aromatic carbocycles. The van der Waals surface area contributed by atoms with E-state index in [2.05, 4.69) is 0 Å². The highest BCUT2D eigenvalue weighted by atomic mass is 35.5. The van der Waals surface area contributed by atoms with Gasteiger partial charge in [0.15, 0.2) is 0 Å². The maximum absolute atomic E-state index is 12.2. The molecule has 0 aliphatic heterocycles. The molecular formula is C14H20Cl2N2O. The Balaban J connectivity index is 0.00000180. The van der Waals surface area contributed by atoms with Crippen LogP contribution in [0.2, 0.25) is 5.02 Å². The molecule has 0 spiro atoms. The van der Waals surface area contributed by atoms with Crippen molar-refractivity contribution in [3.05, 3.63) is 34.9 Å². The van der Waals surface area contributed by atoms with Gasteiger partial charge in [-0.1, -0.05) is 23.7 Å². The first-order chi connectivity index (χ1) is 8.50. The van der Waals surface area contributed by atoms with Crippen molar-refractivity contribution in [2.45, 2.75) is 44.8 Å². The predicted molar refractivity (Wildman–Crippen MR) is 80.6 cm³/mol. The fourth-order valence-electron chi connectivity index (χ4n) is 2.18. The van der Waals surface area contributed by atoms with Crippen molar-refractivity contribution in [3.8, 4) is 0 Å². The average molecular weight is 303 g/mol. The third-order valence-electron chi connectivity index (χ3n) is 3.35. The Bertz CT molecular complexity index is 430. The highest BCUT2D eigenvalue weighted by molar-refractivity contribution is 6.30. The maximum atomic E-state index is 12.2. The van der Waals surface area contributed by atoms with Crippen LogP contribution in [-0.2, 0) is 4.79 Å². The Morgan fingerprint density at radius 2 is 1.84 bits per heavy atom. The zero-order valence-electron chi connectivity index (χ0n) is 11.2. The number of halogens is 2. The summed E-state index contributed by atoms with van der Waals surface area (Å²) in [6.45, 7) is 3.79. The van der Waals surface area contributed by atoms with Crippen LogP contribution in [-0.4, -0.2) is 22.9 Å². The first-order valence-corrected chi connectivity index (χ1v) is 6.71. The predicted octanol–water partition coefficient (Wildman–Crippen LogP) is 3.16. The topological polar surface area (TPSA) is 46.3 Å². The first-order valence-electron chi connectivity index (χ1n) is 6.34. The fourth-order valence-corrected chi connectivity index (χ4v) is 2.30. The molecule has 19 heavy (non-hydrogen) atoms. The van der Waals surface area contributed by atoms with Gasteiger partial charge in [0.1, 0.15) is 0 Å². The molecule has 1 aliphatic rings. The van der Waals surface area contributed by atoms with Crippen LogP contribution in [0.1, 0.15) is 38.3 Å². The minimum atomic E-state index is -0.444. The van der Waals surface area contributed by atoms with Crippen molar-refractivity contribution in [1.82, 2.24) is 4.90 Å². The van der Waals surface area contributed by atoms with Crippen molar-refractivity contribution in [2.75, 3.05) is 0 Å². The third kappa shape index (κ3) is 3.85. The van der Waals surface area contributed by atoms with Gasteiger partial charge in [-0.25, -0.2) is 0 Å². The molecule has 1 unspecified atom stereocenters. The van der Waals surface area contributed by atoms with Crippen LogP contribution < -0.4 is 5.73 Å². The lowest BCUT2D eigenvalue weighted by Gasteiger charge is -2.31. The number of carbonyl (C=O) groups excluding carboxylic acids is 1. The van der Waals surface area contributed by atoms with Crippen LogP contribution in [0.5, 0.6) is 0 Å². The third-order valence-corrected chi connectivity index (χ3v) is 3.61. The van der Waals surface area contributed by atoms with Crippen LogP contribution >= 0.6 is 24.0 Å². The second-order valence-corrected chi connectivity index (χ2v) is 5.43. The van der Waals surface area contributed by atoms with Crippen LogP contribution in [0.3, 0.4) is 0 Å². The molecule has 2 atom stereocenters. The summed E-state index contributed by atoms with van der Waals surface area (Å²) < 4.78 is 0. The molecule has 1 aromatic rings. The highest BCUT2D eigenvalue weighted by Crippen LogP contribution is 2.34. The maximum Gasteiger partial charge on any atom is 0.239 e. The van der Waals surface area contributed by atoms with Crippen LogP contribution in [0.4, 0.5) is 0 Å². The van der Waals surface area contributed by atoms with Gasteiger partial charge in [0.05, 0.1) is 12.1 Å². The lowest BCUT2D eigenvalue weighted by molar-refractivity contribution is -0.135. The Morgan fingerprint density at radius 3 is 2.26 bits per heavy atom. The zero-order valence-corrected chi connectivity index (χ0v) is 12.7. The van der Waals surface area contributed by atoms with Crippen molar-refractivity contribution >= 4 is 29.9 Å². The van der Waals surface area contributed by atoms with E-state index in [4.69, 9.17) is 17.3 Å². The summed E-state index contributed by atoms with van der Waals surface area (Å²) in [6.07, 6.45) is 2.16. The summed E-state index contributed by atoms with van der Waals surface area (Å²) in [4.78, 5) is 14.1. The number of amides is 1. The van der Waals surface area contributed by atoms with E-state index in [0.717, 1.165) is 18.4 Å². The molecule has 2 N–H and O–H groups in total. The minimum absolute atomic E-state index is 0. The number of carbonyl (C=O) groups is 1. The summed E-state index contributed by atoms with van der Waals surface area (Å²) in [5.74, 6) is 0.0277. The highest BCUT2D eigenvalue weighted by Gasteiger charge is 2.37. The summed E-state index contributed by atoms with van der Waals surface area (Å²) in [6, 6.07) is 7.61. The van der Waals surface area contributed by atoms with Crippen LogP contribution in [0, 0.1) is 0 Å². The molecule has 1 aliphatic carbocycles. The van der Waals surface area contributed by atoms with E-state index in [1.807, 2.05) is 36.1 Å². The van der Waals surface area contributed by atoms with Gasteiger partial charge in [0.25, 0.3) is 0 Å². The Labute approximate surface area is 125 Å². The Hall–Kier alpha value is -0.770. The summed E-state index contributed by atoms with van der Waals surface area (Å²) in [5, 5.41) is 0.711. The molecule has 0 bridgehead atoms. The molecule has 3 nitrogen and oxygen atoms in total. The van der Waals surface area contributed by atoms with Crippen molar-refractivity contribution in [3.63, 3.8) is 0 Å². The van der Waals surface area contributed by atoms with E-state index in [0.29, 0.717) is 11.1 Å². The normalized spacial score (nSPS) is 17.3. The Morgan fingerprint density at radius 1 is 1.32 bits per heavy atom. The molecule has 5 heteroatoms. The molecule has 0 saturated heterocycles. The van der Waals surface area contributed by atoms with E-state index < -0.39 is 6.04 Å². The van der Waals surface area contributed by atoms with Crippen molar-refractivity contribution < 1.29 is 4.79 Å². The standard InChI is InChI=1S/C14H19ClN2O.ClH/c1-9(16)14(18)17(13-7-8-13)10(2)11-3-5-12(15)6-4-11;/h3-6,9-10,13H,7-8,16H2,1-2H3;1H/t9-,10?;/m0./s1. The SMILES string of the molecule is CC(c1ccc(Cl)cc1)N(C(=O)[C@H](C)N)C1CC1.Cl. The number of hydrogen-bond donors (Lipinski definition) is 1. The van der Waals surface area contributed by atoms with E-state index >= 15 is 0 Å². The molecule has 0 aromatic heterocycles. The van der Waals surface area contributed by atoms with Crippen LogP contribution in [0.25, 0.3) is 0 Å². The smallest absolute Gasteiger partial charge is 0.239 e. The number of hydrogen-bond acceptors (Lipinski definition) is 2. The lowest BCUT2D eigenvalue weighted by atomic mass is 10.1. The molecule has 2 rings (SSSR count). The number of nitrogens with zero attached hydrogens (tertiary/aromatic N) is 1.